The molecule has 1 aromatic carbocycles. The second-order valence-corrected chi connectivity index (χ2v) is 8.48. The highest BCUT2D eigenvalue weighted by Crippen LogP contribution is 2.19. The predicted molar refractivity (Wildman–Crippen MR) is 96.7 cm³/mol. The fraction of sp³-hybridized carbons (Fsp3) is 0.529. The normalized spacial score (nSPS) is 19.6. The highest BCUT2D eigenvalue weighted by molar-refractivity contribution is 7.91. The zero-order valence-corrected chi connectivity index (χ0v) is 15.7. The van der Waals surface area contributed by atoms with Crippen molar-refractivity contribution in [1.82, 2.24) is 4.90 Å². The van der Waals surface area contributed by atoms with Gasteiger partial charge in [-0.05, 0) is 25.5 Å². The molecule has 8 nitrogen and oxygen atoms in total. The van der Waals surface area contributed by atoms with Gasteiger partial charge < -0.3 is 20.1 Å². The van der Waals surface area contributed by atoms with E-state index in [-0.39, 0.29) is 30.2 Å². The minimum Gasteiger partial charge on any atom is -0.449 e. The highest BCUT2D eigenvalue weighted by Gasteiger charge is 2.35. The van der Waals surface area contributed by atoms with E-state index in [0.29, 0.717) is 12.1 Å². The number of hydrogen-bond acceptors (Lipinski definition) is 7. The number of carbonyl (C=O) groups is 2. The lowest BCUT2D eigenvalue weighted by Crippen LogP contribution is -2.44. The molecule has 0 aromatic heterocycles. The Bertz CT molecular complexity index is 764. The Labute approximate surface area is 153 Å². The summed E-state index contributed by atoms with van der Waals surface area (Å²) in [5, 5.41) is 11.8. The maximum Gasteiger partial charge on any atom is 0.341 e. The van der Waals surface area contributed by atoms with Crippen molar-refractivity contribution < 1.29 is 27.9 Å². The van der Waals surface area contributed by atoms with E-state index in [9.17, 15) is 18.0 Å². The molecule has 1 amide bonds. The van der Waals surface area contributed by atoms with Gasteiger partial charge in [-0.2, -0.15) is 0 Å². The lowest BCUT2D eigenvalue weighted by atomic mass is 10.1. The summed E-state index contributed by atoms with van der Waals surface area (Å²) in [5.41, 5.74) is 0.758. The Morgan fingerprint density at radius 2 is 2.08 bits per heavy atom. The largest absolute Gasteiger partial charge is 0.449 e. The van der Waals surface area contributed by atoms with Gasteiger partial charge in [0.05, 0.1) is 23.7 Å². The first kappa shape index (κ1) is 20.2. The maximum atomic E-state index is 12.5. The fourth-order valence-corrected chi connectivity index (χ4v) is 4.60. The number of rotatable bonds is 7. The smallest absolute Gasteiger partial charge is 0.341 e. The SMILES string of the molecule is C[C@H](OC(=O)c1ccccc1NCCO)C(=O)N(C)[C@@H]1CCS(=O)(=O)C1. The number of ether oxygens (including phenoxy) is 1. The average Bonchev–Trinajstić information content (AvgIpc) is 2.98. The monoisotopic (exact) mass is 384 g/mol. The maximum absolute atomic E-state index is 12.5. The Morgan fingerprint density at radius 3 is 2.69 bits per heavy atom. The number of carbonyl (C=O) groups excluding carboxylic acids is 2. The second kappa shape index (κ2) is 8.50. The number of hydrogen-bond donors (Lipinski definition) is 2. The molecule has 0 aliphatic carbocycles. The van der Waals surface area contributed by atoms with Crippen LogP contribution in [0, 0.1) is 0 Å². The zero-order chi connectivity index (χ0) is 19.3. The lowest BCUT2D eigenvalue weighted by molar-refractivity contribution is -0.140. The van der Waals surface area contributed by atoms with Crippen molar-refractivity contribution in [1.29, 1.82) is 0 Å². The van der Waals surface area contributed by atoms with Crippen LogP contribution < -0.4 is 5.32 Å². The zero-order valence-electron chi connectivity index (χ0n) is 14.8. The molecular weight excluding hydrogens is 360 g/mol. The van der Waals surface area contributed by atoms with Gasteiger partial charge >= 0.3 is 5.97 Å². The molecule has 1 heterocycles. The van der Waals surface area contributed by atoms with Gasteiger partial charge in [-0.1, -0.05) is 12.1 Å². The first-order chi connectivity index (χ1) is 12.2. The number of benzene rings is 1. The number of anilines is 1. The number of para-hydroxylation sites is 1. The summed E-state index contributed by atoms with van der Waals surface area (Å²) in [5.74, 6) is -1.11. The van der Waals surface area contributed by atoms with Crippen LogP contribution >= 0.6 is 0 Å². The number of aliphatic hydroxyl groups is 1. The van der Waals surface area contributed by atoms with Crippen LogP contribution in [0.2, 0.25) is 0 Å². The minimum absolute atomic E-state index is 0.0629. The summed E-state index contributed by atoms with van der Waals surface area (Å²) in [4.78, 5) is 26.2. The van der Waals surface area contributed by atoms with Crippen LogP contribution in [-0.4, -0.2) is 74.2 Å². The molecule has 0 bridgehead atoms. The van der Waals surface area contributed by atoms with Gasteiger partial charge in [0.1, 0.15) is 0 Å². The van der Waals surface area contributed by atoms with Gasteiger partial charge in [-0.25, -0.2) is 13.2 Å². The average molecular weight is 384 g/mol. The van der Waals surface area contributed by atoms with Crippen LogP contribution in [0.5, 0.6) is 0 Å². The first-order valence-electron chi connectivity index (χ1n) is 8.37. The number of nitrogens with zero attached hydrogens (tertiary/aromatic N) is 1. The Kier molecular flexibility index (Phi) is 6.60. The lowest BCUT2D eigenvalue weighted by Gasteiger charge is -2.26. The molecule has 0 unspecified atom stereocenters. The fourth-order valence-electron chi connectivity index (χ4n) is 2.83. The minimum atomic E-state index is -3.11. The third kappa shape index (κ3) is 4.95. The van der Waals surface area contributed by atoms with Crippen molar-refractivity contribution in [2.75, 3.05) is 37.0 Å². The van der Waals surface area contributed by atoms with Crippen LogP contribution in [0.15, 0.2) is 24.3 Å². The summed E-state index contributed by atoms with van der Waals surface area (Å²) in [6.07, 6.45) is -0.652. The molecule has 0 spiro atoms. The molecule has 1 aliphatic heterocycles. The van der Waals surface area contributed by atoms with Gasteiger partial charge in [0.25, 0.3) is 5.91 Å². The summed E-state index contributed by atoms with van der Waals surface area (Å²) in [6.45, 7) is 1.65. The van der Waals surface area contributed by atoms with Crippen LogP contribution in [0.4, 0.5) is 5.69 Å². The number of sulfone groups is 1. The standard InChI is InChI=1S/C17H24N2O6S/c1-12(16(21)19(2)13-7-10-26(23,24)11-13)25-17(22)14-5-3-4-6-15(14)18-8-9-20/h3-6,12-13,18,20H,7-11H2,1-2H3/t12-,13+/m0/s1. The Morgan fingerprint density at radius 1 is 1.38 bits per heavy atom. The van der Waals surface area contributed by atoms with Gasteiger partial charge in [0.15, 0.2) is 15.9 Å². The van der Waals surface area contributed by atoms with E-state index >= 15 is 0 Å². The molecule has 2 rings (SSSR count). The molecule has 1 fully saturated rings. The highest BCUT2D eigenvalue weighted by atomic mass is 32.2. The number of amides is 1. The second-order valence-electron chi connectivity index (χ2n) is 6.25. The van der Waals surface area contributed by atoms with Crippen LogP contribution in [-0.2, 0) is 19.4 Å². The van der Waals surface area contributed by atoms with Crippen molar-refractivity contribution in [2.24, 2.45) is 0 Å². The molecule has 9 heteroatoms. The Balaban J connectivity index is 2.01. The van der Waals surface area contributed by atoms with Crippen LogP contribution in [0.3, 0.4) is 0 Å². The summed E-state index contributed by atoms with van der Waals surface area (Å²) in [7, 11) is -1.59. The number of nitrogens with one attached hydrogen (secondary N) is 1. The van der Waals surface area contributed by atoms with Crippen molar-refractivity contribution in [3.8, 4) is 0 Å². The van der Waals surface area contributed by atoms with Gasteiger partial charge in [0, 0.05) is 25.3 Å². The number of aliphatic hydroxyl groups excluding tert-OH is 1. The van der Waals surface area contributed by atoms with Gasteiger partial charge in [-0.3, -0.25) is 4.79 Å². The van der Waals surface area contributed by atoms with E-state index in [1.54, 1.807) is 24.3 Å². The van der Waals surface area contributed by atoms with Crippen molar-refractivity contribution in [3.05, 3.63) is 29.8 Å². The van der Waals surface area contributed by atoms with Gasteiger partial charge in [0.2, 0.25) is 0 Å². The number of likely N-dealkylation sites (N-methyl/N-ethyl adjacent to an activating group) is 1. The molecule has 0 radical (unpaired) electrons. The quantitative estimate of drug-likeness (QED) is 0.649. The third-order valence-electron chi connectivity index (χ3n) is 4.31. The third-order valence-corrected chi connectivity index (χ3v) is 6.06. The Hall–Kier alpha value is -2.13. The van der Waals surface area contributed by atoms with E-state index < -0.39 is 33.9 Å². The van der Waals surface area contributed by atoms with E-state index in [2.05, 4.69) is 5.32 Å². The first-order valence-corrected chi connectivity index (χ1v) is 10.2. The van der Waals surface area contributed by atoms with E-state index in [0.717, 1.165) is 0 Å². The summed E-state index contributed by atoms with van der Waals surface area (Å²) >= 11 is 0. The molecule has 1 aliphatic rings. The van der Waals surface area contributed by atoms with Crippen molar-refractivity contribution >= 4 is 27.4 Å². The molecule has 144 valence electrons. The van der Waals surface area contributed by atoms with Crippen LogP contribution in [0.1, 0.15) is 23.7 Å². The molecular formula is C17H24N2O6S. The van der Waals surface area contributed by atoms with Crippen LogP contribution in [0.25, 0.3) is 0 Å². The predicted octanol–water partition coefficient (Wildman–Crippen LogP) is 0.282. The topological polar surface area (TPSA) is 113 Å². The molecule has 2 atom stereocenters. The van der Waals surface area contributed by atoms with Gasteiger partial charge in [-0.15, -0.1) is 0 Å². The molecule has 0 saturated carbocycles. The molecule has 1 aromatic rings. The molecule has 2 N–H and O–H groups in total. The summed E-state index contributed by atoms with van der Waals surface area (Å²) in [6, 6.07) is 6.25. The molecule has 1 saturated heterocycles. The van der Waals surface area contributed by atoms with Crippen molar-refractivity contribution in [2.45, 2.75) is 25.5 Å². The number of esters is 1. The van der Waals surface area contributed by atoms with Crippen molar-refractivity contribution in [3.63, 3.8) is 0 Å². The summed E-state index contributed by atoms with van der Waals surface area (Å²) < 4.78 is 28.4. The molecule has 26 heavy (non-hydrogen) atoms. The van der Waals surface area contributed by atoms with E-state index in [1.165, 1.54) is 18.9 Å². The van der Waals surface area contributed by atoms with E-state index in [4.69, 9.17) is 9.84 Å². The van der Waals surface area contributed by atoms with E-state index in [1.807, 2.05) is 0 Å².